The highest BCUT2D eigenvalue weighted by Crippen LogP contribution is 2.35. The van der Waals surface area contributed by atoms with Gasteiger partial charge in [0.15, 0.2) is 0 Å². The highest BCUT2D eigenvalue weighted by atomic mass is 16.5. The molecule has 0 spiro atoms. The number of methoxy groups -OCH3 is 1. The Morgan fingerprint density at radius 2 is 2.06 bits per heavy atom. The third-order valence-corrected chi connectivity index (χ3v) is 4.12. The maximum absolute atomic E-state index is 5.39. The predicted octanol–water partition coefficient (Wildman–Crippen LogP) is 2.72. The van der Waals surface area contributed by atoms with E-state index in [0.717, 1.165) is 12.3 Å². The summed E-state index contributed by atoms with van der Waals surface area (Å²) in [5.41, 5.74) is 2.83. The van der Waals surface area contributed by atoms with Gasteiger partial charge >= 0.3 is 0 Å². The van der Waals surface area contributed by atoms with E-state index in [2.05, 4.69) is 28.4 Å². The van der Waals surface area contributed by atoms with Gasteiger partial charge in [-0.2, -0.15) is 0 Å². The molecule has 0 amide bonds. The highest BCUT2D eigenvalue weighted by Gasteiger charge is 2.23. The predicted molar refractivity (Wildman–Crippen MR) is 74.4 cm³/mol. The summed E-state index contributed by atoms with van der Waals surface area (Å²) in [6.45, 7) is 3.54. The molecule has 2 fully saturated rings. The van der Waals surface area contributed by atoms with Crippen LogP contribution >= 0.6 is 0 Å². The largest absolute Gasteiger partial charge is 0.497 e. The van der Waals surface area contributed by atoms with Crippen molar-refractivity contribution in [2.24, 2.45) is 0 Å². The van der Waals surface area contributed by atoms with Crippen molar-refractivity contribution in [1.82, 2.24) is 5.32 Å². The van der Waals surface area contributed by atoms with Crippen LogP contribution in [0.25, 0.3) is 0 Å². The minimum Gasteiger partial charge on any atom is -0.497 e. The molecule has 2 aliphatic heterocycles. The van der Waals surface area contributed by atoms with Gasteiger partial charge in [0.25, 0.3) is 0 Å². The molecular weight excluding hydrogens is 224 g/mol. The minimum absolute atomic E-state index is 0.510. The Bertz CT molecular complexity index is 407. The molecule has 3 nitrogen and oxygen atoms in total. The van der Waals surface area contributed by atoms with Crippen LogP contribution in [0.3, 0.4) is 0 Å². The first-order valence-corrected chi connectivity index (χ1v) is 7.05. The van der Waals surface area contributed by atoms with Crippen LogP contribution in [0.5, 0.6) is 5.75 Å². The van der Waals surface area contributed by atoms with Crippen molar-refractivity contribution in [2.75, 3.05) is 31.6 Å². The fraction of sp³-hybridized carbons (Fsp3) is 0.600. The van der Waals surface area contributed by atoms with Crippen molar-refractivity contribution in [1.29, 1.82) is 0 Å². The van der Waals surface area contributed by atoms with E-state index in [1.165, 1.54) is 50.0 Å². The summed E-state index contributed by atoms with van der Waals surface area (Å²) in [6, 6.07) is 7.05. The van der Waals surface area contributed by atoms with Gasteiger partial charge in [-0.1, -0.05) is 0 Å². The molecule has 0 radical (unpaired) electrons. The normalized spacial score (nSPS) is 23.6. The summed E-state index contributed by atoms with van der Waals surface area (Å²) >= 11 is 0. The molecule has 1 N–H and O–H groups in total. The van der Waals surface area contributed by atoms with Gasteiger partial charge in [-0.3, -0.25) is 0 Å². The fourth-order valence-electron chi connectivity index (χ4n) is 3.13. The number of nitrogens with zero attached hydrogens (tertiary/aromatic N) is 1. The van der Waals surface area contributed by atoms with Gasteiger partial charge in [-0.15, -0.1) is 0 Å². The number of ether oxygens (including phenoxy) is 1. The summed E-state index contributed by atoms with van der Waals surface area (Å²) in [5.74, 6) is 0.974. The standard InChI is InChI=1S/C15H22N2O/c1-18-12-6-7-15(17-9-2-3-10-17)13(11-12)14-5-4-8-16-14/h6-7,11,14,16H,2-5,8-10H2,1H3. The second-order valence-electron chi connectivity index (χ2n) is 5.27. The van der Waals surface area contributed by atoms with E-state index < -0.39 is 0 Å². The van der Waals surface area contributed by atoms with Crippen molar-refractivity contribution in [3.8, 4) is 5.75 Å². The lowest BCUT2D eigenvalue weighted by molar-refractivity contribution is 0.413. The van der Waals surface area contributed by atoms with Crippen molar-refractivity contribution in [3.63, 3.8) is 0 Å². The van der Waals surface area contributed by atoms with Crippen LogP contribution in [0.1, 0.15) is 37.3 Å². The molecule has 2 heterocycles. The van der Waals surface area contributed by atoms with Gasteiger partial charge in [0.05, 0.1) is 7.11 Å². The van der Waals surface area contributed by atoms with E-state index in [-0.39, 0.29) is 0 Å². The molecule has 0 bridgehead atoms. The summed E-state index contributed by atoms with van der Waals surface area (Å²) in [7, 11) is 1.75. The van der Waals surface area contributed by atoms with Crippen molar-refractivity contribution < 1.29 is 4.74 Å². The van der Waals surface area contributed by atoms with Crippen molar-refractivity contribution in [2.45, 2.75) is 31.7 Å². The second-order valence-corrected chi connectivity index (χ2v) is 5.27. The summed E-state index contributed by atoms with van der Waals surface area (Å²) in [5, 5.41) is 3.61. The monoisotopic (exact) mass is 246 g/mol. The van der Waals surface area contributed by atoms with E-state index in [9.17, 15) is 0 Å². The zero-order chi connectivity index (χ0) is 12.4. The molecule has 2 aliphatic rings. The molecule has 18 heavy (non-hydrogen) atoms. The lowest BCUT2D eigenvalue weighted by Crippen LogP contribution is -2.22. The van der Waals surface area contributed by atoms with Gasteiger partial charge in [-0.05, 0) is 56.0 Å². The van der Waals surface area contributed by atoms with Crippen LogP contribution in [0.2, 0.25) is 0 Å². The Morgan fingerprint density at radius 1 is 1.22 bits per heavy atom. The molecular formula is C15H22N2O. The lowest BCUT2D eigenvalue weighted by atomic mass is 10.0. The van der Waals surface area contributed by atoms with E-state index in [0.29, 0.717) is 6.04 Å². The zero-order valence-electron chi connectivity index (χ0n) is 11.1. The van der Waals surface area contributed by atoms with Crippen LogP contribution in [0, 0.1) is 0 Å². The van der Waals surface area contributed by atoms with Gasteiger partial charge in [0, 0.05) is 24.8 Å². The zero-order valence-corrected chi connectivity index (χ0v) is 11.1. The summed E-state index contributed by atoms with van der Waals surface area (Å²) in [6.07, 6.45) is 5.17. The molecule has 1 aromatic carbocycles. The van der Waals surface area contributed by atoms with E-state index >= 15 is 0 Å². The van der Waals surface area contributed by atoms with Crippen LogP contribution < -0.4 is 15.0 Å². The average molecular weight is 246 g/mol. The number of hydrogen-bond donors (Lipinski definition) is 1. The molecule has 0 aliphatic carbocycles. The van der Waals surface area contributed by atoms with Gasteiger partial charge < -0.3 is 15.0 Å². The third-order valence-electron chi connectivity index (χ3n) is 4.12. The van der Waals surface area contributed by atoms with Crippen molar-refractivity contribution >= 4 is 5.69 Å². The van der Waals surface area contributed by atoms with Crippen molar-refractivity contribution in [3.05, 3.63) is 23.8 Å². The number of anilines is 1. The molecule has 0 saturated carbocycles. The molecule has 3 rings (SSSR count). The Labute approximate surface area is 109 Å². The van der Waals surface area contributed by atoms with E-state index in [1.807, 2.05) is 0 Å². The molecule has 1 atom stereocenters. The lowest BCUT2D eigenvalue weighted by Gasteiger charge is -2.25. The van der Waals surface area contributed by atoms with Crippen LogP contribution in [-0.2, 0) is 0 Å². The Morgan fingerprint density at radius 3 is 2.72 bits per heavy atom. The number of rotatable bonds is 3. The molecule has 98 valence electrons. The van der Waals surface area contributed by atoms with Gasteiger partial charge in [0.2, 0.25) is 0 Å². The highest BCUT2D eigenvalue weighted by molar-refractivity contribution is 5.58. The Hall–Kier alpha value is -1.22. The molecule has 1 unspecified atom stereocenters. The van der Waals surface area contributed by atoms with Gasteiger partial charge in [0.1, 0.15) is 5.75 Å². The molecule has 2 saturated heterocycles. The number of hydrogen-bond acceptors (Lipinski definition) is 3. The van der Waals surface area contributed by atoms with Crippen LogP contribution in [0.4, 0.5) is 5.69 Å². The van der Waals surface area contributed by atoms with Crippen LogP contribution in [-0.4, -0.2) is 26.7 Å². The summed E-state index contributed by atoms with van der Waals surface area (Å²) < 4.78 is 5.39. The van der Waals surface area contributed by atoms with Gasteiger partial charge in [-0.25, -0.2) is 0 Å². The van der Waals surface area contributed by atoms with E-state index in [4.69, 9.17) is 4.74 Å². The van der Waals surface area contributed by atoms with Crippen LogP contribution in [0.15, 0.2) is 18.2 Å². The third kappa shape index (κ3) is 2.19. The molecule has 3 heteroatoms. The Balaban J connectivity index is 1.94. The second kappa shape index (κ2) is 5.19. The average Bonchev–Trinajstić information content (AvgIpc) is 3.11. The molecule has 1 aromatic rings. The first-order valence-electron chi connectivity index (χ1n) is 7.05. The smallest absolute Gasteiger partial charge is 0.119 e. The maximum atomic E-state index is 5.39. The number of benzene rings is 1. The van der Waals surface area contributed by atoms with E-state index in [1.54, 1.807) is 7.11 Å². The topological polar surface area (TPSA) is 24.5 Å². The first kappa shape index (κ1) is 11.8. The SMILES string of the molecule is COc1ccc(N2CCCC2)c(C2CCCN2)c1. The quantitative estimate of drug-likeness (QED) is 0.887. The molecule has 0 aromatic heterocycles. The number of nitrogens with one attached hydrogen (secondary N) is 1. The first-order chi connectivity index (χ1) is 8.88. The minimum atomic E-state index is 0.510. The fourth-order valence-corrected chi connectivity index (χ4v) is 3.13. The summed E-state index contributed by atoms with van der Waals surface area (Å²) in [4.78, 5) is 2.52. The maximum Gasteiger partial charge on any atom is 0.119 e. The Kier molecular flexibility index (Phi) is 3.41.